The van der Waals surface area contributed by atoms with Crippen LogP contribution in [-0.4, -0.2) is 10.9 Å². The lowest BCUT2D eigenvalue weighted by Gasteiger charge is -2.08. The largest absolute Gasteiger partial charge is 0.319 e. The van der Waals surface area contributed by atoms with Gasteiger partial charge < -0.3 is 5.32 Å². The minimum atomic E-state index is -0.207. The van der Waals surface area contributed by atoms with Crippen molar-refractivity contribution in [2.24, 2.45) is 0 Å². The van der Waals surface area contributed by atoms with E-state index < -0.39 is 0 Å². The van der Waals surface area contributed by atoms with Crippen molar-refractivity contribution in [3.63, 3.8) is 0 Å². The Hall–Kier alpha value is -0.660. The van der Waals surface area contributed by atoms with Gasteiger partial charge in [-0.2, -0.15) is 0 Å². The molecule has 0 aliphatic rings. The molecule has 0 saturated heterocycles. The van der Waals surface area contributed by atoms with E-state index in [1.54, 1.807) is 18.3 Å². The third kappa shape index (κ3) is 3.21. The fourth-order valence-corrected chi connectivity index (χ4v) is 2.46. The number of rotatable bonds is 2. The molecule has 92 valence electrons. The lowest BCUT2D eigenvalue weighted by atomic mass is 10.2. The number of pyridine rings is 1. The smallest absolute Gasteiger partial charge is 0.256 e. The lowest BCUT2D eigenvalue weighted by molar-refractivity contribution is 0.102. The minimum Gasteiger partial charge on any atom is -0.319 e. The van der Waals surface area contributed by atoms with Crippen molar-refractivity contribution in [3.05, 3.63) is 55.3 Å². The number of amides is 1. The van der Waals surface area contributed by atoms with Gasteiger partial charge in [-0.1, -0.05) is 23.7 Å². The standard InChI is InChI=1S/C12H7BrClIN2O/c13-7-5-10(11(14)16-6-7)17-12(18)8-3-1-2-4-9(8)15/h1-6H,(H,17,18). The fraction of sp³-hybridized carbons (Fsp3) is 0. The van der Waals surface area contributed by atoms with Gasteiger partial charge in [0.15, 0.2) is 5.15 Å². The van der Waals surface area contributed by atoms with Crippen LogP contribution in [0.5, 0.6) is 0 Å². The first-order valence-electron chi connectivity index (χ1n) is 4.95. The molecule has 18 heavy (non-hydrogen) atoms. The Bertz CT molecular complexity index is 606. The first-order chi connectivity index (χ1) is 8.58. The maximum Gasteiger partial charge on any atom is 0.256 e. The maximum absolute atomic E-state index is 12.1. The second kappa shape index (κ2) is 5.99. The average Bonchev–Trinajstić information content (AvgIpc) is 2.34. The molecule has 0 bridgehead atoms. The SMILES string of the molecule is O=C(Nc1cc(Br)cnc1Cl)c1ccccc1I. The van der Waals surface area contributed by atoms with Crippen LogP contribution in [0.4, 0.5) is 5.69 Å². The van der Waals surface area contributed by atoms with Gasteiger partial charge in [0.1, 0.15) is 0 Å². The number of hydrogen-bond acceptors (Lipinski definition) is 2. The van der Waals surface area contributed by atoms with E-state index in [0.717, 1.165) is 8.04 Å². The van der Waals surface area contributed by atoms with Gasteiger partial charge in [-0.05, 0) is 56.7 Å². The Morgan fingerprint density at radius 3 is 2.83 bits per heavy atom. The number of benzene rings is 1. The number of aromatic nitrogens is 1. The Morgan fingerprint density at radius 2 is 2.11 bits per heavy atom. The van der Waals surface area contributed by atoms with Crippen LogP contribution >= 0.6 is 50.1 Å². The number of carbonyl (C=O) groups excluding carboxylic acids is 1. The summed E-state index contributed by atoms with van der Waals surface area (Å²) in [6, 6.07) is 9.04. The van der Waals surface area contributed by atoms with Gasteiger partial charge in [0.05, 0.1) is 11.3 Å². The Morgan fingerprint density at radius 1 is 1.39 bits per heavy atom. The van der Waals surface area contributed by atoms with E-state index in [9.17, 15) is 4.79 Å². The molecule has 0 unspecified atom stereocenters. The molecular weight excluding hydrogens is 430 g/mol. The van der Waals surface area contributed by atoms with E-state index >= 15 is 0 Å². The summed E-state index contributed by atoms with van der Waals surface area (Å²) in [6.07, 6.45) is 1.57. The van der Waals surface area contributed by atoms with Gasteiger partial charge in [0, 0.05) is 14.2 Å². The lowest BCUT2D eigenvalue weighted by Crippen LogP contribution is -2.13. The van der Waals surface area contributed by atoms with Crippen molar-refractivity contribution >= 4 is 61.7 Å². The first kappa shape index (κ1) is 13.8. The molecule has 2 rings (SSSR count). The zero-order chi connectivity index (χ0) is 13.1. The third-order valence-corrected chi connectivity index (χ3v) is 3.85. The molecule has 2 aromatic rings. The highest BCUT2D eigenvalue weighted by Gasteiger charge is 2.11. The molecule has 3 nitrogen and oxygen atoms in total. The van der Waals surface area contributed by atoms with Crippen LogP contribution in [0.1, 0.15) is 10.4 Å². The van der Waals surface area contributed by atoms with E-state index in [2.05, 4.69) is 48.8 Å². The summed E-state index contributed by atoms with van der Waals surface area (Å²) in [6.45, 7) is 0. The summed E-state index contributed by atoms with van der Waals surface area (Å²) < 4.78 is 1.64. The number of nitrogens with one attached hydrogen (secondary N) is 1. The molecule has 0 spiro atoms. The highest BCUT2D eigenvalue weighted by Crippen LogP contribution is 2.24. The monoisotopic (exact) mass is 436 g/mol. The zero-order valence-electron chi connectivity index (χ0n) is 8.95. The van der Waals surface area contributed by atoms with Gasteiger partial charge >= 0.3 is 0 Å². The molecule has 0 fully saturated rings. The molecule has 1 aromatic carbocycles. The van der Waals surface area contributed by atoms with Gasteiger partial charge in [-0.3, -0.25) is 4.79 Å². The predicted octanol–water partition coefficient (Wildman–Crippen LogP) is 4.35. The highest BCUT2D eigenvalue weighted by atomic mass is 127. The molecule has 0 aliphatic carbocycles. The van der Waals surface area contributed by atoms with Gasteiger partial charge in [0.25, 0.3) is 5.91 Å². The second-order valence-corrected chi connectivity index (χ2v) is 5.86. The summed E-state index contributed by atoms with van der Waals surface area (Å²) in [5.74, 6) is -0.207. The van der Waals surface area contributed by atoms with E-state index in [1.165, 1.54) is 0 Å². The van der Waals surface area contributed by atoms with Gasteiger partial charge in [-0.15, -0.1) is 0 Å². The van der Waals surface area contributed by atoms with E-state index in [0.29, 0.717) is 11.3 Å². The molecule has 0 aliphatic heterocycles. The first-order valence-corrected chi connectivity index (χ1v) is 7.20. The van der Waals surface area contributed by atoms with E-state index in [1.807, 2.05) is 18.2 Å². The normalized spacial score (nSPS) is 10.2. The maximum atomic E-state index is 12.1. The minimum absolute atomic E-state index is 0.207. The zero-order valence-corrected chi connectivity index (χ0v) is 13.5. The Kier molecular flexibility index (Phi) is 4.58. The molecular formula is C12H7BrClIN2O. The second-order valence-electron chi connectivity index (χ2n) is 3.43. The van der Waals surface area contributed by atoms with E-state index in [4.69, 9.17) is 11.6 Å². The van der Waals surface area contributed by atoms with Crippen molar-refractivity contribution in [1.82, 2.24) is 4.98 Å². The number of nitrogens with zero attached hydrogens (tertiary/aromatic N) is 1. The van der Waals surface area contributed by atoms with Crippen LogP contribution in [0.25, 0.3) is 0 Å². The molecule has 1 heterocycles. The van der Waals surface area contributed by atoms with Crippen molar-refractivity contribution in [2.75, 3.05) is 5.32 Å². The molecule has 0 radical (unpaired) electrons. The van der Waals surface area contributed by atoms with Crippen molar-refractivity contribution in [3.8, 4) is 0 Å². The summed E-state index contributed by atoms with van der Waals surface area (Å²) in [5.41, 5.74) is 1.09. The highest BCUT2D eigenvalue weighted by molar-refractivity contribution is 14.1. The Labute approximate surface area is 131 Å². The fourth-order valence-electron chi connectivity index (χ4n) is 1.35. The van der Waals surface area contributed by atoms with Gasteiger partial charge in [-0.25, -0.2) is 4.98 Å². The summed E-state index contributed by atoms with van der Waals surface area (Å²) >= 11 is 11.3. The molecule has 1 aromatic heterocycles. The van der Waals surface area contributed by atoms with Gasteiger partial charge in [0.2, 0.25) is 0 Å². The van der Waals surface area contributed by atoms with Crippen molar-refractivity contribution in [2.45, 2.75) is 0 Å². The topological polar surface area (TPSA) is 42.0 Å². The number of halogens is 3. The van der Waals surface area contributed by atoms with Crippen molar-refractivity contribution < 1.29 is 4.79 Å². The quantitative estimate of drug-likeness (QED) is 0.561. The molecule has 6 heteroatoms. The average molecular weight is 437 g/mol. The molecule has 1 N–H and O–H groups in total. The number of hydrogen-bond donors (Lipinski definition) is 1. The van der Waals surface area contributed by atoms with Crippen LogP contribution in [-0.2, 0) is 0 Å². The predicted molar refractivity (Wildman–Crippen MR) is 84.1 cm³/mol. The Balaban J connectivity index is 2.27. The third-order valence-electron chi connectivity index (χ3n) is 2.17. The molecule has 1 amide bonds. The van der Waals surface area contributed by atoms with Crippen LogP contribution in [0, 0.1) is 3.57 Å². The van der Waals surface area contributed by atoms with Crippen LogP contribution in [0.3, 0.4) is 0 Å². The summed E-state index contributed by atoms with van der Waals surface area (Å²) in [7, 11) is 0. The van der Waals surface area contributed by atoms with E-state index in [-0.39, 0.29) is 11.1 Å². The summed E-state index contributed by atoms with van der Waals surface area (Å²) in [5, 5.41) is 3.00. The summed E-state index contributed by atoms with van der Waals surface area (Å²) in [4.78, 5) is 16.0. The van der Waals surface area contributed by atoms with Crippen molar-refractivity contribution in [1.29, 1.82) is 0 Å². The van der Waals surface area contributed by atoms with Crippen LogP contribution < -0.4 is 5.32 Å². The molecule has 0 saturated carbocycles. The molecule has 0 atom stereocenters. The number of anilines is 1. The van der Waals surface area contributed by atoms with Crippen LogP contribution in [0.2, 0.25) is 5.15 Å². The number of carbonyl (C=O) groups is 1. The van der Waals surface area contributed by atoms with Crippen LogP contribution in [0.15, 0.2) is 41.0 Å².